The molecule has 0 saturated carbocycles. The van der Waals surface area contributed by atoms with E-state index in [-0.39, 0.29) is 29.3 Å². The molecule has 0 spiro atoms. The lowest BCUT2D eigenvalue weighted by Crippen LogP contribution is -2.40. The van der Waals surface area contributed by atoms with Crippen molar-refractivity contribution in [2.24, 2.45) is 0 Å². The van der Waals surface area contributed by atoms with Gasteiger partial charge in [0.1, 0.15) is 5.82 Å². The van der Waals surface area contributed by atoms with Crippen LogP contribution in [0.2, 0.25) is 0 Å². The van der Waals surface area contributed by atoms with E-state index in [0.717, 1.165) is 23.9 Å². The number of morpholine rings is 1. The molecule has 0 radical (unpaired) electrons. The van der Waals surface area contributed by atoms with Gasteiger partial charge in [0.15, 0.2) is 16.8 Å². The maximum atomic E-state index is 14.2. The van der Waals surface area contributed by atoms with Gasteiger partial charge in [-0.05, 0) is 43.7 Å². The monoisotopic (exact) mass is 529 g/mol. The molecule has 0 bridgehead atoms. The van der Waals surface area contributed by atoms with E-state index in [1.807, 2.05) is 11.5 Å². The average Bonchev–Trinajstić information content (AvgIpc) is 3.21. The van der Waals surface area contributed by atoms with Gasteiger partial charge in [-0.2, -0.15) is 4.31 Å². The van der Waals surface area contributed by atoms with E-state index in [1.54, 1.807) is 6.07 Å². The third-order valence-electron chi connectivity index (χ3n) is 5.65. The molecule has 0 atom stereocenters. The first-order valence-corrected chi connectivity index (χ1v) is 13.7. The van der Waals surface area contributed by atoms with Gasteiger partial charge in [0.2, 0.25) is 10.0 Å². The Hall–Kier alpha value is -2.12. The van der Waals surface area contributed by atoms with Crippen molar-refractivity contribution in [3.8, 4) is 0 Å². The molecular weight excluding hydrogens is 503 g/mol. The lowest BCUT2D eigenvalue weighted by Gasteiger charge is -2.26. The molecule has 7 nitrogen and oxygen atoms in total. The Morgan fingerprint density at radius 2 is 1.86 bits per heavy atom. The summed E-state index contributed by atoms with van der Waals surface area (Å²) in [4.78, 5) is 4.68. The van der Waals surface area contributed by atoms with Gasteiger partial charge < -0.3 is 14.0 Å². The van der Waals surface area contributed by atoms with Gasteiger partial charge in [-0.15, -0.1) is 0 Å². The highest BCUT2D eigenvalue weighted by molar-refractivity contribution is 7.98. The van der Waals surface area contributed by atoms with Crippen LogP contribution in [-0.2, 0) is 31.8 Å². The Morgan fingerprint density at radius 1 is 1.11 bits per heavy atom. The Kier molecular flexibility index (Phi) is 8.38. The number of hydrogen-bond acceptors (Lipinski definition) is 6. The second-order valence-corrected chi connectivity index (χ2v) is 10.8. The molecule has 1 aliphatic heterocycles. The molecule has 2 aromatic carbocycles. The second-order valence-electron chi connectivity index (χ2n) is 7.87. The summed E-state index contributed by atoms with van der Waals surface area (Å²) in [6, 6.07) is 6.37. The zero-order valence-corrected chi connectivity index (χ0v) is 20.8. The number of aryl methyl sites for hydroxylation is 1. The smallest absolute Gasteiger partial charge is 0.243 e. The minimum atomic E-state index is -3.72. The molecule has 0 amide bonds. The second kappa shape index (κ2) is 11.3. The van der Waals surface area contributed by atoms with Crippen molar-refractivity contribution in [1.29, 1.82) is 0 Å². The molecule has 1 fully saturated rings. The average molecular weight is 530 g/mol. The number of nitrogens with zero attached hydrogens (tertiary/aromatic N) is 3. The standard InChI is InChI=1S/C23H26F3N3O4S2/c1-2-32-11-3-8-29-21-7-4-16(35(30,31)28-9-12-33-13-10-28)14-20(21)27-23(29)34-15-17-18(24)5-6-19(25)22(17)26/h4-7,14H,2-3,8-13,15H2,1H3. The maximum Gasteiger partial charge on any atom is 0.243 e. The van der Waals surface area contributed by atoms with Gasteiger partial charge in [-0.1, -0.05) is 11.8 Å². The normalized spacial score (nSPS) is 15.2. The van der Waals surface area contributed by atoms with E-state index in [4.69, 9.17) is 9.47 Å². The number of imidazole rings is 1. The first-order valence-electron chi connectivity index (χ1n) is 11.2. The minimum absolute atomic E-state index is 0.115. The lowest BCUT2D eigenvalue weighted by molar-refractivity contribution is 0.0730. The molecule has 35 heavy (non-hydrogen) atoms. The number of benzene rings is 2. The van der Waals surface area contributed by atoms with E-state index in [2.05, 4.69) is 4.98 Å². The topological polar surface area (TPSA) is 73.7 Å². The Balaban J connectivity index is 1.66. The van der Waals surface area contributed by atoms with Crippen molar-refractivity contribution in [3.63, 3.8) is 0 Å². The summed E-state index contributed by atoms with van der Waals surface area (Å²) < 4.78 is 82.0. The van der Waals surface area contributed by atoms with Crippen LogP contribution in [0.5, 0.6) is 0 Å². The van der Waals surface area contributed by atoms with E-state index in [9.17, 15) is 21.6 Å². The SMILES string of the molecule is CCOCCCn1c(SCc2c(F)ccc(F)c2F)nc2cc(S(=O)(=O)N3CCOCC3)ccc21. The molecule has 0 N–H and O–H groups in total. The summed E-state index contributed by atoms with van der Waals surface area (Å²) in [6.45, 7) is 4.71. The third-order valence-corrected chi connectivity index (χ3v) is 8.55. The zero-order valence-electron chi connectivity index (χ0n) is 19.2. The van der Waals surface area contributed by atoms with Crippen LogP contribution in [0.3, 0.4) is 0 Å². The lowest BCUT2D eigenvalue weighted by atomic mass is 10.2. The van der Waals surface area contributed by atoms with E-state index in [0.29, 0.717) is 55.6 Å². The van der Waals surface area contributed by atoms with Gasteiger partial charge in [-0.25, -0.2) is 26.6 Å². The summed E-state index contributed by atoms with van der Waals surface area (Å²) in [5.41, 5.74) is 0.752. The van der Waals surface area contributed by atoms with Crippen LogP contribution in [0.4, 0.5) is 13.2 Å². The van der Waals surface area contributed by atoms with Gasteiger partial charge in [0.25, 0.3) is 0 Å². The molecule has 12 heteroatoms. The molecular formula is C23H26F3N3O4S2. The predicted molar refractivity (Wildman–Crippen MR) is 126 cm³/mol. The van der Waals surface area contributed by atoms with Crippen LogP contribution in [0, 0.1) is 17.5 Å². The van der Waals surface area contributed by atoms with E-state index in [1.165, 1.54) is 16.4 Å². The molecule has 190 valence electrons. The van der Waals surface area contributed by atoms with Crippen LogP contribution in [0.15, 0.2) is 40.4 Å². The summed E-state index contributed by atoms with van der Waals surface area (Å²) in [5, 5.41) is 0.445. The van der Waals surface area contributed by atoms with Crippen molar-refractivity contribution >= 4 is 32.8 Å². The van der Waals surface area contributed by atoms with Crippen LogP contribution in [0.25, 0.3) is 11.0 Å². The molecule has 1 saturated heterocycles. The van der Waals surface area contributed by atoms with Gasteiger partial charge in [-0.3, -0.25) is 0 Å². The fourth-order valence-corrected chi connectivity index (χ4v) is 6.29. The zero-order chi connectivity index (χ0) is 25.0. The quantitative estimate of drug-likeness (QED) is 0.223. The number of fused-ring (bicyclic) bond motifs is 1. The largest absolute Gasteiger partial charge is 0.382 e. The minimum Gasteiger partial charge on any atom is -0.382 e. The summed E-state index contributed by atoms with van der Waals surface area (Å²) in [5.74, 6) is -3.36. The molecule has 2 heterocycles. The van der Waals surface area contributed by atoms with Crippen LogP contribution >= 0.6 is 11.8 Å². The van der Waals surface area contributed by atoms with Crippen molar-refractivity contribution in [1.82, 2.24) is 13.9 Å². The Bertz CT molecular complexity index is 1290. The highest BCUT2D eigenvalue weighted by atomic mass is 32.2. The third kappa shape index (κ3) is 5.67. The highest BCUT2D eigenvalue weighted by Crippen LogP contribution is 2.31. The van der Waals surface area contributed by atoms with Crippen molar-refractivity contribution < 1.29 is 31.1 Å². The van der Waals surface area contributed by atoms with E-state index < -0.39 is 27.5 Å². The van der Waals surface area contributed by atoms with E-state index >= 15 is 0 Å². The fourth-order valence-electron chi connectivity index (χ4n) is 3.82. The molecule has 0 aliphatic carbocycles. The number of hydrogen-bond donors (Lipinski definition) is 0. The summed E-state index contributed by atoms with van der Waals surface area (Å²) in [6.07, 6.45) is 0.656. The number of sulfonamides is 1. The Labute approximate surface area is 206 Å². The fraction of sp³-hybridized carbons (Fsp3) is 0.435. The van der Waals surface area contributed by atoms with Gasteiger partial charge in [0, 0.05) is 44.2 Å². The molecule has 1 aliphatic rings. The summed E-state index contributed by atoms with van der Waals surface area (Å²) >= 11 is 1.06. The number of thioether (sulfide) groups is 1. The highest BCUT2D eigenvalue weighted by Gasteiger charge is 2.27. The number of ether oxygens (including phenoxy) is 2. The molecule has 4 rings (SSSR count). The van der Waals surface area contributed by atoms with Crippen molar-refractivity contribution in [2.45, 2.75) is 35.7 Å². The summed E-state index contributed by atoms with van der Waals surface area (Å²) in [7, 11) is -3.72. The van der Waals surface area contributed by atoms with Gasteiger partial charge in [0.05, 0.1) is 29.1 Å². The first kappa shape index (κ1) is 26.0. The first-order chi connectivity index (χ1) is 16.8. The Morgan fingerprint density at radius 3 is 2.60 bits per heavy atom. The molecule has 1 aromatic heterocycles. The maximum absolute atomic E-state index is 14.2. The van der Waals surface area contributed by atoms with Crippen molar-refractivity contribution in [2.75, 3.05) is 39.5 Å². The number of halogens is 3. The van der Waals surface area contributed by atoms with Crippen LogP contribution in [0.1, 0.15) is 18.9 Å². The van der Waals surface area contributed by atoms with Crippen LogP contribution < -0.4 is 0 Å². The number of rotatable bonds is 10. The molecule has 0 unspecified atom stereocenters. The van der Waals surface area contributed by atoms with Gasteiger partial charge >= 0.3 is 0 Å². The predicted octanol–water partition coefficient (Wildman–Crippen LogP) is 4.19. The van der Waals surface area contributed by atoms with Crippen molar-refractivity contribution in [3.05, 3.63) is 53.3 Å². The van der Waals surface area contributed by atoms with Crippen LogP contribution in [-0.4, -0.2) is 61.8 Å². The molecule has 3 aromatic rings. The number of aromatic nitrogens is 2.